The number of nitrogens with zero attached hydrogens (tertiary/aromatic N) is 1. The largest absolute Gasteiger partial charge is 0.482 e. The lowest BCUT2D eigenvalue weighted by molar-refractivity contribution is -0.135. The number of halogens is 2. The summed E-state index contributed by atoms with van der Waals surface area (Å²) < 4.78 is 5.44. The molecule has 132 valence electrons. The SMILES string of the molecule is Cc1ccc(Cl)c(OCC(=O)N(C)CC(=O)Nc2ccccc2Cl)c1. The molecule has 0 saturated carbocycles. The highest BCUT2D eigenvalue weighted by Crippen LogP contribution is 2.25. The van der Waals surface area contributed by atoms with Gasteiger partial charge in [-0.2, -0.15) is 0 Å². The second-order valence-electron chi connectivity index (χ2n) is 5.50. The maximum absolute atomic E-state index is 12.1. The molecule has 5 nitrogen and oxygen atoms in total. The molecular formula is C18H18Cl2N2O3. The lowest BCUT2D eigenvalue weighted by atomic mass is 10.2. The lowest BCUT2D eigenvalue weighted by Gasteiger charge is -2.18. The summed E-state index contributed by atoms with van der Waals surface area (Å²) in [5.74, 6) is -0.256. The highest BCUT2D eigenvalue weighted by atomic mass is 35.5. The van der Waals surface area contributed by atoms with E-state index >= 15 is 0 Å². The minimum absolute atomic E-state index is 0.116. The van der Waals surface area contributed by atoms with Crippen molar-refractivity contribution in [3.63, 3.8) is 0 Å². The van der Waals surface area contributed by atoms with Crippen LogP contribution < -0.4 is 10.1 Å². The van der Waals surface area contributed by atoms with Gasteiger partial charge < -0.3 is 15.0 Å². The average Bonchev–Trinajstić information content (AvgIpc) is 2.57. The number of hydrogen-bond donors (Lipinski definition) is 1. The van der Waals surface area contributed by atoms with Crippen molar-refractivity contribution in [3.05, 3.63) is 58.1 Å². The van der Waals surface area contributed by atoms with E-state index in [4.69, 9.17) is 27.9 Å². The van der Waals surface area contributed by atoms with Gasteiger partial charge in [0.15, 0.2) is 6.61 Å². The van der Waals surface area contributed by atoms with Crippen LogP contribution in [0.2, 0.25) is 10.0 Å². The molecule has 0 aliphatic rings. The first-order chi connectivity index (χ1) is 11.9. The van der Waals surface area contributed by atoms with Crippen LogP contribution in [0.4, 0.5) is 5.69 Å². The molecule has 0 heterocycles. The summed E-state index contributed by atoms with van der Waals surface area (Å²) in [7, 11) is 1.52. The normalized spacial score (nSPS) is 10.2. The number of anilines is 1. The summed E-state index contributed by atoms with van der Waals surface area (Å²) in [4.78, 5) is 25.4. The van der Waals surface area contributed by atoms with Gasteiger partial charge in [-0.25, -0.2) is 0 Å². The Kier molecular flexibility index (Phi) is 6.67. The van der Waals surface area contributed by atoms with Crippen molar-refractivity contribution in [2.45, 2.75) is 6.92 Å². The highest BCUT2D eigenvalue weighted by molar-refractivity contribution is 6.33. The van der Waals surface area contributed by atoms with E-state index in [2.05, 4.69) is 5.32 Å². The van der Waals surface area contributed by atoms with Crippen molar-refractivity contribution in [3.8, 4) is 5.75 Å². The van der Waals surface area contributed by atoms with Crippen molar-refractivity contribution in [2.24, 2.45) is 0 Å². The third-order valence-electron chi connectivity index (χ3n) is 3.39. The van der Waals surface area contributed by atoms with E-state index in [1.807, 2.05) is 13.0 Å². The number of ether oxygens (including phenoxy) is 1. The molecule has 2 aromatic rings. The number of nitrogens with one attached hydrogen (secondary N) is 1. The van der Waals surface area contributed by atoms with Gasteiger partial charge in [-0.3, -0.25) is 9.59 Å². The maximum atomic E-state index is 12.1. The van der Waals surface area contributed by atoms with Crippen molar-refractivity contribution in [1.29, 1.82) is 0 Å². The smallest absolute Gasteiger partial charge is 0.260 e. The number of hydrogen-bond acceptors (Lipinski definition) is 3. The zero-order valence-electron chi connectivity index (χ0n) is 13.9. The van der Waals surface area contributed by atoms with Crippen LogP contribution in [0.1, 0.15) is 5.56 Å². The van der Waals surface area contributed by atoms with E-state index in [-0.39, 0.29) is 25.0 Å². The molecule has 0 saturated heterocycles. The number of rotatable bonds is 6. The first-order valence-electron chi connectivity index (χ1n) is 7.54. The Bertz CT molecular complexity index is 781. The van der Waals surface area contributed by atoms with E-state index in [1.165, 1.54) is 11.9 Å². The van der Waals surface area contributed by atoms with Gasteiger partial charge >= 0.3 is 0 Å². The Labute approximate surface area is 156 Å². The lowest BCUT2D eigenvalue weighted by Crippen LogP contribution is -2.37. The van der Waals surface area contributed by atoms with Crippen LogP contribution in [0.15, 0.2) is 42.5 Å². The Morgan fingerprint density at radius 3 is 2.56 bits per heavy atom. The molecule has 0 atom stereocenters. The molecule has 0 fully saturated rings. The number of likely N-dealkylation sites (N-methyl/N-ethyl adjacent to an activating group) is 1. The summed E-state index contributed by atoms with van der Waals surface area (Å²) >= 11 is 12.0. The third-order valence-corrected chi connectivity index (χ3v) is 4.03. The average molecular weight is 381 g/mol. The number of para-hydroxylation sites is 1. The standard InChI is InChI=1S/C18H18Cl2N2O3/c1-12-7-8-14(20)16(9-12)25-11-18(24)22(2)10-17(23)21-15-6-4-3-5-13(15)19/h3-9H,10-11H2,1-2H3,(H,21,23). The van der Waals surface area contributed by atoms with Gasteiger partial charge in [0.25, 0.3) is 5.91 Å². The van der Waals surface area contributed by atoms with Gasteiger partial charge in [-0.05, 0) is 36.8 Å². The molecule has 0 bridgehead atoms. The van der Waals surface area contributed by atoms with Crippen molar-refractivity contribution < 1.29 is 14.3 Å². The molecule has 0 aromatic heterocycles. The van der Waals surface area contributed by atoms with Gasteiger partial charge in [0.1, 0.15) is 5.75 Å². The van der Waals surface area contributed by atoms with Crippen LogP contribution in [0, 0.1) is 6.92 Å². The van der Waals surface area contributed by atoms with Crippen LogP contribution in [0.3, 0.4) is 0 Å². The fourth-order valence-corrected chi connectivity index (χ4v) is 2.38. The predicted molar refractivity (Wildman–Crippen MR) is 99.4 cm³/mol. The molecule has 2 aromatic carbocycles. The molecule has 0 aliphatic heterocycles. The number of amides is 2. The number of carbonyl (C=O) groups is 2. The minimum atomic E-state index is -0.350. The monoisotopic (exact) mass is 380 g/mol. The van der Waals surface area contributed by atoms with Crippen molar-refractivity contribution in [2.75, 3.05) is 25.5 Å². The molecule has 7 heteroatoms. The first kappa shape index (κ1) is 19.1. The van der Waals surface area contributed by atoms with E-state index < -0.39 is 0 Å². The summed E-state index contributed by atoms with van der Waals surface area (Å²) in [6.45, 7) is 1.57. The molecule has 0 radical (unpaired) electrons. The second kappa shape index (κ2) is 8.74. The van der Waals surface area contributed by atoms with Gasteiger partial charge in [-0.15, -0.1) is 0 Å². The summed E-state index contributed by atoms with van der Waals surface area (Å²) in [6, 6.07) is 12.2. The molecule has 1 N–H and O–H groups in total. The summed E-state index contributed by atoms with van der Waals surface area (Å²) in [6.07, 6.45) is 0. The van der Waals surface area contributed by atoms with Gasteiger partial charge in [0.05, 0.1) is 22.3 Å². The number of benzene rings is 2. The molecule has 2 amide bonds. The summed E-state index contributed by atoms with van der Waals surface area (Å²) in [5.41, 5.74) is 1.47. The van der Waals surface area contributed by atoms with Crippen LogP contribution in [-0.2, 0) is 9.59 Å². The maximum Gasteiger partial charge on any atom is 0.260 e. The van der Waals surface area contributed by atoms with Gasteiger partial charge in [-0.1, -0.05) is 41.4 Å². The van der Waals surface area contributed by atoms with E-state index in [1.54, 1.807) is 36.4 Å². The number of carbonyl (C=O) groups excluding carboxylic acids is 2. The predicted octanol–water partition coefficient (Wildman–Crippen LogP) is 3.78. The third kappa shape index (κ3) is 5.66. The quantitative estimate of drug-likeness (QED) is 0.829. The second-order valence-corrected chi connectivity index (χ2v) is 6.31. The zero-order chi connectivity index (χ0) is 18.4. The summed E-state index contributed by atoms with van der Waals surface area (Å²) in [5, 5.41) is 3.52. The Balaban J connectivity index is 1.86. The van der Waals surface area contributed by atoms with E-state index in [9.17, 15) is 9.59 Å². The zero-order valence-corrected chi connectivity index (χ0v) is 15.4. The fourth-order valence-electron chi connectivity index (χ4n) is 2.03. The van der Waals surface area contributed by atoms with E-state index in [0.717, 1.165) is 5.56 Å². The molecule has 25 heavy (non-hydrogen) atoms. The molecular weight excluding hydrogens is 363 g/mol. The molecule has 0 aliphatic carbocycles. The van der Waals surface area contributed by atoms with Gasteiger partial charge in [0.2, 0.25) is 5.91 Å². The first-order valence-corrected chi connectivity index (χ1v) is 8.29. The van der Waals surface area contributed by atoms with Crippen molar-refractivity contribution in [1.82, 2.24) is 4.90 Å². The molecule has 2 rings (SSSR count). The van der Waals surface area contributed by atoms with Crippen LogP contribution in [-0.4, -0.2) is 36.9 Å². The molecule has 0 unspecified atom stereocenters. The van der Waals surface area contributed by atoms with Crippen LogP contribution in [0.5, 0.6) is 5.75 Å². The Morgan fingerprint density at radius 2 is 1.84 bits per heavy atom. The minimum Gasteiger partial charge on any atom is -0.482 e. The Hall–Kier alpha value is -2.24. The topological polar surface area (TPSA) is 58.6 Å². The fraction of sp³-hybridized carbons (Fsp3) is 0.222. The van der Waals surface area contributed by atoms with Crippen LogP contribution >= 0.6 is 23.2 Å². The van der Waals surface area contributed by atoms with Gasteiger partial charge in [0, 0.05) is 7.05 Å². The van der Waals surface area contributed by atoms with Crippen LogP contribution in [0.25, 0.3) is 0 Å². The van der Waals surface area contributed by atoms with Crippen molar-refractivity contribution >= 4 is 40.7 Å². The number of aryl methyl sites for hydroxylation is 1. The Morgan fingerprint density at radius 1 is 1.12 bits per heavy atom. The molecule has 0 spiro atoms. The van der Waals surface area contributed by atoms with E-state index in [0.29, 0.717) is 21.5 Å². The highest BCUT2D eigenvalue weighted by Gasteiger charge is 2.15.